The Labute approximate surface area is 220 Å². The van der Waals surface area contributed by atoms with Crippen molar-refractivity contribution in [1.82, 2.24) is 4.90 Å². The summed E-state index contributed by atoms with van der Waals surface area (Å²) >= 11 is 0. The van der Waals surface area contributed by atoms with E-state index < -0.39 is 39.1 Å². The average Bonchev–Trinajstić information content (AvgIpc) is 2.91. The van der Waals surface area contributed by atoms with Gasteiger partial charge in [-0.1, -0.05) is 23.8 Å². The lowest BCUT2D eigenvalue weighted by atomic mass is 9.86. The van der Waals surface area contributed by atoms with Gasteiger partial charge < -0.3 is 20.1 Å². The Bertz CT molecular complexity index is 1280. The molecule has 0 aromatic heterocycles. The molecule has 38 heavy (non-hydrogen) atoms. The molecule has 1 unspecified atom stereocenters. The van der Waals surface area contributed by atoms with E-state index in [4.69, 9.17) is 15.2 Å². The molecule has 1 aliphatic carbocycles. The van der Waals surface area contributed by atoms with E-state index in [-0.39, 0.29) is 35.3 Å². The molecular weight excluding hydrogens is 521 g/mol. The molecule has 7 nitrogen and oxygen atoms in total. The lowest BCUT2D eigenvalue weighted by Crippen LogP contribution is -2.44. The van der Waals surface area contributed by atoms with E-state index in [1.165, 1.54) is 6.26 Å². The zero-order chi connectivity index (χ0) is 27.3. The molecule has 4 rings (SSSR count). The fourth-order valence-corrected chi connectivity index (χ4v) is 5.86. The Morgan fingerprint density at radius 3 is 2.55 bits per heavy atom. The van der Waals surface area contributed by atoms with Crippen molar-refractivity contribution < 1.29 is 35.9 Å². The van der Waals surface area contributed by atoms with E-state index in [0.29, 0.717) is 44.2 Å². The Kier molecular flexibility index (Phi) is 8.99. The summed E-state index contributed by atoms with van der Waals surface area (Å²) < 4.78 is 77.0. The Hall–Kier alpha value is -3.05. The summed E-state index contributed by atoms with van der Waals surface area (Å²) in [6, 6.07) is 0.838. The zero-order valence-electron chi connectivity index (χ0n) is 20.9. The Balaban J connectivity index is 1.23. The first-order valence-corrected chi connectivity index (χ1v) is 14.2. The highest BCUT2D eigenvalue weighted by atomic mass is 32.2. The minimum absolute atomic E-state index is 0.00799. The SMILES string of the molecule is NC(Cc1cc(F)c(F)cc1F)C1CCN(C(=O)CCS(=O)(=O)C2=COC=C(CC3=CC=CCC3)O2)CC1. The number of sulfone groups is 1. The third-order valence-electron chi connectivity index (χ3n) is 7.03. The van der Waals surface area contributed by atoms with Crippen molar-refractivity contribution in [1.29, 1.82) is 0 Å². The first kappa shape index (κ1) is 28.0. The van der Waals surface area contributed by atoms with Crippen LogP contribution in [0.3, 0.4) is 0 Å². The molecule has 0 radical (unpaired) electrons. The second-order valence-electron chi connectivity index (χ2n) is 9.74. The molecule has 1 amide bonds. The van der Waals surface area contributed by atoms with Gasteiger partial charge in [-0.05, 0) is 49.7 Å². The average molecular weight is 553 g/mol. The van der Waals surface area contributed by atoms with E-state index in [1.807, 2.05) is 12.2 Å². The van der Waals surface area contributed by atoms with Crippen LogP contribution in [-0.2, 0) is 30.5 Å². The summed E-state index contributed by atoms with van der Waals surface area (Å²) in [5.74, 6) is -3.61. The first-order valence-electron chi connectivity index (χ1n) is 12.6. The number of carbonyl (C=O) groups excluding carboxylic acids is 1. The number of hydrogen-bond acceptors (Lipinski definition) is 6. The minimum Gasteiger partial charge on any atom is -0.464 e. The summed E-state index contributed by atoms with van der Waals surface area (Å²) in [5, 5.41) is -0.316. The van der Waals surface area contributed by atoms with Crippen molar-refractivity contribution in [3.63, 3.8) is 0 Å². The summed E-state index contributed by atoms with van der Waals surface area (Å²) in [4.78, 5) is 14.3. The standard InChI is InChI=1S/C27H31F3N2O5S/c28-22-15-24(30)23(29)13-20(22)14-25(31)19-6-9-32(10-7-19)26(33)8-11-38(34,35)27-17-36-16-21(37-27)12-18-4-2-1-3-5-18/h1-2,4,13,15-17,19,25H,3,5-12,14,31H2. The molecule has 0 bridgehead atoms. The number of piperidine rings is 1. The van der Waals surface area contributed by atoms with Gasteiger partial charge in [-0.2, -0.15) is 0 Å². The summed E-state index contributed by atoms with van der Waals surface area (Å²) in [6.07, 6.45) is 11.5. The maximum atomic E-state index is 14.0. The van der Waals surface area contributed by atoms with Crippen molar-refractivity contribution in [3.05, 3.63) is 82.3 Å². The molecule has 206 valence electrons. The number of ether oxygens (including phenoxy) is 2. The molecule has 1 fully saturated rings. The molecular formula is C27H31F3N2O5S. The molecule has 11 heteroatoms. The molecule has 2 aliphatic heterocycles. The van der Waals surface area contributed by atoms with Crippen LogP contribution in [0.15, 0.2) is 59.3 Å². The lowest BCUT2D eigenvalue weighted by molar-refractivity contribution is -0.132. The molecule has 1 aromatic carbocycles. The van der Waals surface area contributed by atoms with Gasteiger partial charge in [0.1, 0.15) is 24.1 Å². The van der Waals surface area contributed by atoms with Gasteiger partial charge in [0.2, 0.25) is 15.7 Å². The number of likely N-dealkylation sites (tertiary alicyclic amines) is 1. The second kappa shape index (κ2) is 12.2. The number of rotatable bonds is 9. The van der Waals surface area contributed by atoms with Crippen molar-refractivity contribution >= 4 is 15.7 Å². The predicted molar refractivity (Wildman–Crippen MR) is 135 cm³/mol. The Morgan fingerprint density at radius 1 is 1.11 bits per heavy atom. The van der Waals surface area contributed by atoms with Gasteiger partial charge in [0, 0.05) is 38.0 Å². The number of hydrogen-bond donors (Lipinski definition) is 1. The molecule has 0 spiro atoms. The van der Waals surface area contributed by atoms with Crippen molar-refractivity contribution in [3.8, 4) is 0 Å². The van der Waals surface area contributed by atoms with Crippen LogP contribution >= 0.6 is 0 Å². The Morgan fingerprint density at radius 2 is 1.84 bits per heavy atom. The fourth-order valence-electron chi connectivity index (χ4n) is 4.78. The molecule has 1 atom stereocenters. The van der Waals surface area contributed by atoms with Crippen LogP contribution in [0.1, 0.15) is 44.1 Å². The van der Waals surface area contributed by atoms with Crippen molar-refractivity contribution in [2.24, 2.45) is 11.7 Å². The predicted octanol–water partition coefficient (Wildman–Crippen LogP) is 4.37. The summed E-state index contributed by atoms with van der Waals surface area (Å²) in [6.45, 7) is 0.743. The quantitative estimate of drug-likeness (QED) is 0.457. The van der Waals surface area contributed by atoms with E-state index in [9.17, 15) is 26.4 Å². The highest BCUT2D eigenvalue weighted by molar-refractivity contribution is 7.95. The second-order valence-corrected chi connectivity index (χ2v) is 11.8. The van der Waals surface area contributed by atoms with Crippen molar-refractivity contribution in [2.45, 2.75) is 51.0 Å². The van der Waals surface area contributed by atoms with Crippen LogP contribution in [0.25, 0.3) is 0 Å². The van der Waals surface area contributed by atoms with Gasteiger partial charge >= 0.3 is 0 Å². The van der Waals surface area contributed by atoms with Gasteiger partial charge in [-0.15, -0.1) is 0 Å². The van der Waals surface area contributed by atoms with Crippen LogP contribution in [0, 0.1) is 23.4 Å². The number of nitrogens with two attached hydrogens (primary N) is 1. The van der Waals surface area contributed by atoms with E-state index in [1.54, 1.807) is 4.90 Å². The number of allylic oxidation sites excluding steroid dienone is 4. The van der Waals surface area contributed by atoms with Gasteiger partial charge in [0.25, 0.3) is 5.09 Å². The molecule has 2 N–H and O–H groups in total. The highest BCUT2D eigenvalue weighted by Crippen LogP contribution is 2.28. The molecule has 2 heterocycles. The number of nitrogens with zero attached hydrogens (tertiary/aromatic N) is 1. The van der Waals surface area contributed by atoms with Gasteiger partial charge in [0.05, 0.1) is 5.75 Å². The molecule has 1 aromatic rings. The van der Waals surface area contributed by atoms with Crippen molar-refractivity contribution in [2.75, 3.05) is 18.8 Å². The summed E-state index contributed by atoms with van der Waals surface area (Å²) in [7, 11) is -3.88. The fraction of sp³-hybridized carbons (Fsp3) is 0.444. The molecule has 0 saturated carbocycles. The number of halogens is 3. The van der Waals surface area contributed by atoms with Crippen LogP contribution in [0.2, 0.25) is 0 Å². The normalized spacial score (nSPS) is 19.2. The maximum Gasteiger partial charge on any atom is 0.253 e. The maximum absolute atomic E-state index is 14.0. The number of carbonyl (C=O) groups is 1. The topological polar surface area (TPSA) is 98.9 Å². The van der Waals surface area contributed by atoms with E-state index in [2.05, 4.69) is 6.08 Å². The number of amides is 1. The lowest BCUT2D eigenvalue weighted by Gasteiger charge is -2.35. The molecule has 3 aliphatic rings. The molecule has 1 saturated heterocycles. The zero-order valence-corrected chi connectivity index (χ0v) is 21.7. The smallest absolute Gasteiger partial charge is 0.253 e. The largest absolute Gasteiger partial charge is 0.464 e. The monoisotopic (exact) mass is 552 g/mol. The summed E-state index contributed by atoms with van der Waals surface area (Å²) in [5.41, 5.74) is 7.33. The first-order chi connectivity index (χ1) is 18.1. The minimum atomic E-state index is -3.88. The third kappa shape index (κ3) is 7.08. The van der Waals surface area contributed by atoms with Gasteiger partial charge in [-0.25, -0.2) is 21.6 Å². The van der Waals surface area contributed by atoms with Gasteiger partial charge in [-0.3, -0.25) is 4.79 Å². The highest BCUT2D eigenvalue weighted by Gasteiger charge is 2.30. The van der Waals surface area contributed by atoms with Gasteiger partial charge in [0.15, 0.2) is 11.6 Å². The van der Waals surface area contributed by atoms with E-state index >= 15 is 0 Å². The number of benzene rings is 1. The third-order valence-corrected chi connectivity index (χ3v) is 8.56. The van der Waals surface area contributed by atoms with E-state index in [0.717, 1.165) is 30.7 Å². The van der Waals surface area contributed by atoms with Crippen LogP contribution in [-0.4, -0.2) is 44.1 Å². The van der Waals surface area contributed by atoms with Crippen LogP contribution in [0.4, 0.5) is 13.2 Å². The van der Waals surface area contributed by atoms with Crippen LogP contribution in [0.5, 0.6) is 0 Å². The van der Waals surface area contributed by atoms with Crippen LogP contribution < -0.4 is 5.73 Å².